The van der Waals surface area contributed by atoms with Gasteiger partial charge in [-0.3, -0.25) is 0 Å². The van der Waals surface area contributed by atoms with E-state index < -0.39 is 0 Å². The van der Waals surface area contributed by atoms with Crippen molar-refractivity contribution in [3.8, 4) is 17.2 Å². The summed E-state index contributed by atoms with van der Waals surface area (Å²) in [7, 11) is 5.08. The summed E-state index contributed by atoms with van der Waals surface area (Å²) in [6, 6.07) is 12.3. The number of hydrogen-bond acceptors (Lipinski definition) is 5. The van der Waals surface area contributed by atoms with Crippen LogP contribution in [0.1, 0.15) is 30.1 Å². The molecule has 1 fully saturated rings. The van der Waals surface area contributed by atoms with Gasteiger partial charge in [-0.15, -0.1) is 11.8 Å². The zero-order valence-electron chi connectivity index (χ0n) is 14.9. The Morgan fingerprint density at radius 1 is 1.00 bits per heavy atom. The second-order valence-corrected chi connectivity index (χ2v) is 6.88. The predicted octanol–water partition coefficient (Wildman–Crippen LogP) is 4.86. The molecule has 1 aliphatic rings. The highest BCUT2D eigenvalue weighted by molar-refractivity contribution is 7.98. The quantitative estimate of drug-likeness (QED) is 0.659. The van der Waals surface area contributed by atoms with Crippen LogP contribution in [0.4, 0.5) is 0 Å². The highest BCUT2D eigenvalue weighted by Crippen LogP contribution is 2.43. The van der Waals surface area contributed by atoms with Crippen LogP contribution in [0.2, 0.25) is 0 Å². The van der Waals surface area contributed by atoms with Crippen molar-refractivity contribution < 1.29 is 18.9 Å². The Kier molecular flexibility index (Phi) is 6.10. The minimum Gasteiger partial charge on any atom is -0.497 e. The van der Waals surface area contributed by atoms with Crippen LogP contribution < -0.4 is 14.2 Å². The highest BCUT2D eigenvalue weighted by Gasteiger charge is 2.22. The van der Waals surface area contributed by atoms with Crippen LogP contribution in [0.3, 0.4) is 0 Å². The Morgan fingerprint density at radius 2 is 1.68 bits per heavy atom. The molecular weight excluding hydrogens is 336 g/mol. The molecule has 1 unspecified atom stereocenters. The first kappa shape index (κ1) is 18.0. The van der Waals surface area contributed by atoms with Gasteiger partial charge in [0.15, 0.2) is 0 Å². The monoisotopic (exact) mass is 360 g/mol. The van der Waals surface area contributed by atoms with E-state index >= 15 is 0 Å². The third-order valence-electron chi connectivity index (χ3n) is 4.33. The molecule has 2 aromatic carbocycles. The molecule has 1 saturated heterocycles. The lowest BCUT2D eigenvalue weighted by molar-refractivity contribution is 0.111. The summed E-state index contributed by atoms with van der Waals surface area (Å²) in [5.41, 5.74) is 2.35. The Bertz CT molecular complexity index is 668. The number of rotatable bonds is 7. The standard InChI is InChI=1S/C20H24O4S/c1-21-16-8-6-14(7-9-16)13-25-20-18(22-2)11-15(12-19(20)23-3)17-5-4-10-24-17/h6-9,11-12,17H,4-5,10,13H2,1-3H3. The minimum absolute atomic E-state index is 0.142. The van der Waals surface area contributed by atoms with Crippen LogP contribution in [0.25, 0.3) is 0 Å². The van der Waals surface area contributed by atoms with Crippen molar-refractivity contribution in [2.75, 3.05) is 27.9 Å². The van der Waals surface area contributed by atoms with E-state index in [1.54, 1.807) is 33.1 Å². The first-order chi connectivity index (χ1) is 12.2. The second kappa shape index (κ2) is 8.50. The maximum atomic E-state index is 5.80. The first-order valence-corrected chi connectivity index (χ1v) is 9.37. The van der Waals surface area contributed by atoms with E-state index in [1.807, 2.05) is 12.1 Å². The van der Waals surface area contributed by atoms with Gasteiger partial charge in [-0.2, -0.15) is 0 Å². The summed E-state index contributed by atoms with van der Waals surface area (Å²) >= 11 is 1.71. The Morgan fingerprint density at radius 3 is 2.20 bits per heavy atom. The lowest BCUT2D eigenvalue weighted by Gasteiger charge is -2.17. The molecule has 2 aromatic rings. The summed E-state index contributed by atoms with van der Waals surface area (Å²) in [4.78, 5) is 1.02. The molecule has 3 rings (SSSR count). The van der Waals surface area contributed by atoms with Gasteiger partial charge in [0.2, 0.25) is 0 Å². The van der Waals surface area contributed by atoms with Crippen molar-refractivity contribution >= 4 is 11.8 Å². The summed E-state index contributed by atoms with van der Waals surface area (Å²) in [6.07, 6.45) is 2.29. The summed E-state index contributed by atoms with van der Waals surface area (Å²) in [5, 5.41) is 0. The van der Waals surface area contributed by atoms with Crippen molar-refractivity contribution in [3.63, 3.8) is 0 Å². The molecular formula is C20H24O4S. The molecule has 0 saturated carbocycles. The molecule has 25 heavy (non-hydrogen) atoms. The van der Waals surface area contributed by atoms with E-state index in [4.69, 9.17) is 18.9 Å². The molecule has 0 spiro atoms. The normalized spacial score (nSPS) is 16.7. The molecule has 134 valence electrons. The van der Waals surface area contributed by atoms with Crippen molar-refractivity contribution in [2.45, 2.75) is 29.6 Å². The van der Waals surface area contributed by atoms with Gasteiger partial charge in [0.25, 0.3) is 0 Å². The summed E-state index contributed by atoms with van der Waals surface area (Å²) in [5.74, 6) is 3.37. The molecule has 5 heteroatoms. The lowest BCUT2D eigenvalue weighted by Crippen LogP contribution is -2.00. The SMILES string of the molecule is COc1ccc(CSc2c(OC)cc(C3CCCO3)cc2OC)cc1. The maximum Gasteiger partial charge on any atom is 0.136 e. The number of methoxy groups -OCH3 is 3. The molecule has 0 amide bonds. The molecule has 1 heterocycles. The number of benzene rings is 2. The molecule has 4 nitrogen and oxygen atoms in total. The van der Waals surface area contributed by atoms with Gasteiger partial charge in [-0.05, 0) is 48.2 Å². The van der Waals surface area contributed by atoms with Crippen LogP contribution in [0, 0.1) is 0 Å². The van der Waals surface area contributed by atoms with Gasteiger partial charge >= 0.3 is 0 Å². The van der Waals surface area contributed by atoms with Gasteiger partial charge in [0, 0.05) is 12.4 Å². The first-order valence-electron chi connectivity index (χ1n) is 8.38. The fraction of sp³-hybridized carbons (Fsp3) is 0.400. The van der Waals surface area contributed by atoms with Gasteiger partial charge in [0.05, 0.1) is 32.3 Å². The largest absolute Gasteiger partial charge is 0.497 e. The number of hydrogen-bond donors (Lipinski definition) is 0. The fourth-order valence-electron chi connectivity index (χ4n) is 2.95. The molecule has 0 radical (unpaired) electrons. The fourth-order valence-corrected chi connectivity index (χ4v) is 4.02. The molecule has 0 aliphatic carbocycles. The van der Waals surface area contributed by atoms with Gasteiger partial charge in [-0.1, -0.05) is 12.1 Å². The van der Waals surface area contributed by atoms with Gasteiger partial charge < -0.3 is 18.9 Å². The summed E-state index contributed by atoms with van der Waals surface area (Å²) < 4.78 is 22.3. The number of thioether (sulfide) groups is 1. The van der Waals surface area contributed by atoms with E-state index in [9.17, 15) is 0 Å². The van der Waals surface area contributed by atoms with Crippen LogP contribution in [0.5, 0.6) is 17.2 Å². The Hall–Kier alpha value is -1.85. The van der Waals surface area contributed by atoms with E-state index in [1.165, 1.54) is 5.56 Å². The molecule has 1 aliphatic heterocycles. The van der Waals surface area contributed by atoms with E-state index in [0.29, 0.717) is 0 Å². The highest BCUT2D eigenvalue weighted by atomic mass is 32.2. The molecule has 0 bridgehead atoms. The van der Waals surface area contributed by atoms with Crippen LogP contribution >= 0.6 is 11.8 Å². The van der Waals surface area contributed by atoms with Crippen molar-refractivity contribution in [1.29, 1.82) is 0 Å². The Labute approximate surface area is 153 Å². The van der Waals surface area contributed by atoms with Crippen molar-refractivity contribution in [1.82, 2.24) is 0 Å². The van der Waals surface area contributed by atoms with Crippen LogP contribution in [-0.2, 0) is 10.5 Å². The third kappa shape index (κ3) is 4.22. The average molecular weight is 360 g/mol. The minimum atomic E-state index is 0.142. The van der Waals surface area contributed by atoms with Gasteiger partial charge in [-0.25, -0.2) is 0 Å². The van der Waals surface area contributed by atoms with E-state index in [0.717, 1.165) is 52.9 Å². The van der Waals surface area contributed by atoms with E-state index in [-0.39, 0.29) is 6.10 Å². The summed E-state index contributed by atoms with van der Waals surface area (Å²) in [6.45, 7) is 0.823. The van der Waals surface area contributed by atoms with Crippen LogP contribution in [0.15, 0.2) is 41.3 Å². The zero-order chi connectivity index (χ0) is 17.6. The average Bonchev–Trinajstić information content (AvgIpc) is 3.20. The maximum absolute atomic E-state index is 5.80. The number of ether oxygens (including phenoxy) is 4. The predicted molar refractivity (Wildman–Crippen MR) is 100 cm³/mol. The molecule has 0 N–H and O–H groups in total. The molecule has 0 aromatic heterocycles. The Balaban J connectivity index is 1.80. The smallest absolute Gasteiger partial charge is 0.136 e. The van der Waals surface area contributed by atoms with Crippen molar-refractivity contribution in [3.05, 3.63) is 47.5 Å². The zero-order valence-corrected chi connectivity index (χ0v) is 15.7. The van der Waals surface area contributed by atoms with E-state index in [2.05, 4.69) is 24.3 Å². The van der Waals surface area contributed by atoms with Crippen molar-refractivity contribution in [2.24, 2.45) is 0 Å². The van der Waals surface area contributed by atoms with Gasteiger partial charge in [0.1, 0.15) is 17.2 Å². The third-order valence-corrected chi connectivity index (χ3v) is 5.50. The topological polar surface area (TPSA) is 36.9 Å². The molecule has 1 atom stereocenters. The second-order valence-electron chi connectivity index (χ2n) is 5.89. The lowest BCUT2D eigenvalue weighted by atomic mass is 10.1. The van der Waals surface area contributed by atoms with Crippen LogP contribution in [-0.4, -0.2) is 27.9 Å².